The second-order valence-corrected chi connectivity index (χ2v) is 6.59. The largest absolute Gasteiger partial charge is 0.360 e. The summed E-state index contributed by atoms with van der Waals surface area (Å²) >= 11 is 6.20. The van der Waals surface area contributed by atoms with Crippen LogP contribution >= 0.6 is 11.6 Å². The number of H-pyrrole nitrogens is 1. The van der Waals surface area contributed by atoms with Gasteiger partial charge in [-0.15, -0.1) is 6.42 Å². The Labute approximate surface area is 152 Å². The van der Waals surface area contributed by atoms with Gasteiger partial charge < -0.3 is 10.3 Å². The molecule has 1 fully saturated rings. The van der Waals surface area contributed by atoms with Crippen molar-refractivity contribution in [2.24, 2.45) is 5.41 Å². The molecule has 3 rings (SSSR count). The Morgan fingerprint density at radius 2 is 2.24 bits per heavy atom. The summed E-state index contributed by atoms with van der Waals surface area (Å²) in [7, 11) is 0. The van der Waals surface area contributed by atoms with Gasteiger partial charge in [0, 0.05) is 22.5 Å². The molecule has 1 aromatic heterocycles. The molecule has 0 bridgehead atoms. The lowest BCUT2D eigenvalue weighted by molar-refractivity contribution is -0.119. The number of hydrogen-bond donors (Lipinski definition) is 2. The SMILES string of the molecule is C#CC1(C(=O)Nc2cccc(C(=C/C)/C=c3/c(Cl)c[nH]c3=C)c2)CC1. The molecule has 3 nitrogen and oxygen atoms in total. The average molecular weight is 351 g/mol. The standard InChI is InChI=1S/C21H19ClN2O/c1-4-15(12-18-14(3)23-13-19(18)22)16-7-6-8-17(11-16)24-20(25)21(5-2)9-10-21/h2,4,6-8,11-13,23H,3,9-10H2,1H3,(H,24,25)/b15-4+,18-12+. The normalized spacial score (nSPS) is 16.4. The van der Waals surface area contributed by atoms with Gasteiger partial charge in [0.05, 0.1) is 5.02 Å². The van der Waals surface area contributed by atoms with Gasteiger partial charge in [-0.3, -0.25) is 4.79 Å². The highest BCUT2D eigenvalue weighted by Crippen LogP contribution is 2.45. The Morgan fingerprint density at radius 3 is 2.80 bits per heavy atom. The fourth-order valence-corrected chi connectivity index (χ4v) is 2.91. The maximum Gasteiger partial charge on any atom is 0.242 e. The number of allylic oxidation sites excluding steroid dienone is 2. The Hall–Kier alpha value is -2.70. The third-order valence-electron chi connectivity index (χ3n) is 4.48. The first kappa shape index (κ1) is 17.1. The van der Waals surface area contributed by atoms with Crippen molar-refractivity contribution < 1.29 is 4.79 Å². The van der Waals surface area contributed by atoms with Crippen molar-refractivity contribution in [1.29, 1.82) is 0 Å². The maximum absolute atomic E-state index is 12.3. The molecule has 1 aliphatic carbocycles. The number of anilines is 1. The maximum atomic E-state index is 12.3. The number of nitrogens with one attached hydrogen (secondary N) is 2. The Morgan fingerprint density at radius 1 is 1.48 bits per heavy atom. The summed E-state index contributed by atoms with van der Waals surface area (Å²) in [6.45, 7) is 5.90. The van der Waals surface area contributed by atoms with E-state index in [9.17, 15) is 4.79 Å². The Bertz CT molecular complexity index is 1000. The van der Waals surface area contributed by atoms with Crippen LogP contribution in [0.5, 0.6) is 0 Å². The molecule has 2 aromatic rings. The van der Waals surface area contributed by atoms with Crippen LogP contribution in [0.25, 0.3) is 18.2 Å². The summed E-state index contributed by atoms with van der Waals surface area (Å²) in [5.41, 5.74) is 2.07. The number of carbonyl (C=O) groups is 1. The van der Waals surface area contributed by atoms with Crippen LogP contribution in [0.4, 0.5) is 5.69 Å². The highest BCUT2D eigenvalue weighted by Gasteiger charge is 2.48. The lowest BCUT2D eigenvalue weighted by Crippen LogP contribution is -2.22. The van der Waals surface area contributed by atoms with Crippen molar-refractivity contribution in [1.82, 2.24) is 4.98 Å². The lowest BCUT2D eigenvalue weighted by atomic mass is 10.0. The van der Waals surface area contributed by atoms with Gasteiger partial charge in [0.1, 0.15) is 5.41 Å². The van der Waals surface area contributed by atoms with E-state index in [1.807, 2.05) is 43.3 Å². The quantitative estimate of drug-likeness (QED) is 0.816. The number of hydrogen-bond acceptors (Lipinski definition) is 1. The number of aromatic amines is 1. The zero-order valence-corrected chi connectivity index (χ0v) is 14.8. The molecule has 0 aliphatic heterocycles. The molecule has 1 aliphatic rings. The highest BCUT2D eigenvalue weighted by molar-refractivity contribution is 6.30. The molecular weight excluding hydrogens is 332 g/mol. The van der Waals surface area contributed by atoms with Crippen LogP contribution in [-0.4, -0.2) is 10.9 Å². The first-order valence-electron chi connectivity index (χ1n) is 8.08. The van der Waals surface area contributed by atoms with Crippen molar-refractivity contribution >= 4 is 41.4 Å². The molecule has 1 heterocycles. The zero-order valence-electron chi connectivity index (χ0n) is 14.0. The molecule has 0 radical (unpaired) electrons. The first-order chi connectivity index (χ1) is 12.0. The number of terminal acetylenes is 1. The minimum atomic E-state index is -0.618. The Kier molecular flexibility index (Phi) is 4.57. The lowest BCUT2D eigenvalue weighted by Gasteiger charge is -2.11. The van der Waals surface area contributed by atoms with Crippen LogP contribution in [0.2, 0.25) is 5.02 Å². The third kappa shape index (κ3) is 3.40. The highest BCUT2D eigenvalue weighted by atomic mass is 35.5. The van der Waals surface area contributed by atoms with Crippen LogP contribution in [0.3, 0.4) is 0 Å². The van der Waals surface area contributed by atoms with Crippen molar-refractivity contribution in [3.8, 4) is 12.3 Å². The van der Waals surface area contributed by atoms with Gasteiger partial charge in [-0.2, -0.15) is 0 Å². The van der Waals surface area contributed by atoms with Crippen molar-refractivity contribution in [3.05, 3.63) is 57.7 Å². The predicted octanol–water partition coefficient (Wildman–Crippen LogP) is 3.31. The molecule has 25 heavy (non-hydrogen) atoms. The summed E-state index contributed by atoms with van der Waals surface area (Å²) in [6, 6.07) is 7.68. The average Bonchev–Trinajstić information content (AvgIpc) is 3.36. The molecule has 1 amide bonds. The van der Waals surface area contributed by atoms with Gasteiger partial charge in [-0.1, -0.05) is 42.3 Å². The van der Waals surface area contributed by atoms with Crippen LogP contribution in [0.15, 0.2) is 36.5 Å². The van der Waals surface area contributed by atoms with Gasteiger partial charge in [0.2, 0.25) is 5.91 Å². The molecule has 1 aromatic carbocycles. The topological polar surface area (TPSA) is 44.9 Å². The number of amides is 1. The molecule has 4 heteroatoms. The minimum absolute atomic E-state index is 0.105. The van der Waals surface area contributed by atoms with Crippen molar-refractivity contribution in [2.45, 2.75) is 19.8 Å². The third-order valence-corrected chi connectivity index (χ3v) is 4.79. The fraction of sp³-hybridized carbons (Fsp3) is 0.190. The summed E-state index contributed by atoms with van der Waals surface area (Å²) in [6.07, 6.45) is 12.7. The van der Waals surface area contributed by atoms with E-state index in [4.69, 9.17) is 18.0 Å². The summed E-state index contributed by atoms with van der Waals surface area (Å²) in [5.74, 6) is 2.50. The molecule has 0 spiro atoms. The van der Waals surface area contributed by atoms with E-state index in [1.54, 1.807) is 6.20 Å². The van der Waals surface area contributed by atoms with E-state index in [0.29, 0.717) is 5.02 Å². The molecular formula is C21H19ClN2O. The number of benzene rings is 1. The van der Waals surface area contributed by atoms with Gasteiger partial charge in [0.15, 0.2) is 0 Å². The van der Waals surface area contributed by atoms with Crippen LogP contribution in [-0.2, 0) is 4.79 Å². The zero-order chi connectivity index (χ0) is 18.0. The van der Waals surface area contributed by atoms with Crippen LogP contribution in [0.1, 0.15) is 25.3 Å². The van der Waals surface area contributed by atoms with Gasteiger partial charge in [-0.25, -0.2) is 0 Å². The molecule has 126 valence electrons. The monoisotopic (exact) mass is 350 g/mol. The van der Waals surface area contributed by atoms with Gasteiger partial charge >= 0.3 is 0 Å². The first-order valence-corrected chi connectivity index (χ1v) is 8.46. The summed E-state index contributed by atoms with van der Waals surface area (Å²) in [5, 5.41) is 5.17. The molecule has 2 N–H and O–H groups in total. The number of halogens is 1. The Balaban J connectivity index is 1.91. The van der Waals surface area contributed by atoms with Crippen LogP contribution < -0.4 is 15.9 Å². The summed E-state index contributed by atoms with van der Waals surface area (Å²) < 4.78 is 0. The minimum Gasteiger partial charge on any atom is -0.360 e. The fourth-order valence-electron chi connectivity index (χ4n) is 2.68. The number of rotatable bonds is 4. The van der Waals surface area contributed by atoms with E-state index in [-0.39, 0.29) is 5.91 Å². The van der Waals surface area contributed by atoms with E-state index in [0.717, 1.165) is 40.2 Å². The number of carbonyl (C=O) groups excluding carboxylic acids is 1. The van der Waals surface area contributed by atoms with E-state index in [1.165, 1.54) is 0 Å². The van der Waals surface area contributed by atoms with E-state index < -0.39 is 5.41 Å². The second-order valence-electron chi connectivity index (χ2n) is 6.18. The second kappa shape index (κ2) is 6.66. The number of aromatic nitrogens is 1. The smallest absolute Gasteiger partial charge is 0.242 e. The van der Waals surface area contributed by atoms with Crippen molar-refractivity contribution in [3.63, 3.8) is 0 Å². The molecule has 0 atom stereocenters. The molecule has 0 unspecified atom stereocenters. The predicted molar refractivity (Wildman–Crippen MR) is 104 cm³/mol. The van der Waals surface area contributed by atoms with Crippen LogP contribution in [0, 0.1) is 17.8 Å². The molecule has 0 saturated heterocycles. The van der Waals surface area contributed by atoms with E-state index >= 15 is 0 Å². The molecule has 1 saturated carbocycles. The van der Waals surface area contributed by atoms with Crippen molar-refractivity contribution in [2.75, 3.05) is 5.32 Å². The van der Waals surface area contributed by atoms with Gasteiger partial charge in [-0.05, 0) is 49.1 Å². The van der Waals surface area contributed by atoms with Gasteiger partial charge in [0.25, 0.3) is 0 Å². The summed E-state index contributed by atoms with van der Waals surface area (Å²) in [4.78, 5) is 15.3. The van der Waals surface area contributed by atoms with E-state index in [2.05, 4.69) is 22.8 Å².